The van der Waals surface area contributed by atoms with Gasteiger partial charge in [0.1, 0.15) is 18.5 Å². The molecule has 0 saturated carbocycles. The van der Waals surface area contributed by atoms with Gasteiger partial charge in [0.15, 0.2) is 0 Å². The number of carbonyl (C=O) groups excluding carboxylic acids is 1. The Kier molecular flexibility index (Phi) is 7.81. The molecule has 39 heavy (non-hydrogen) atoms. The molecule has 9 nitrogen and oxygen atoms in total. The molecule has 2 aromatic heterocycles. The van der Waals surface area contributed by atoms with Crippen LogP contribution < -0.4 is 10.1 Å². The summed E-state index contributed by atoms with van der Waals surface area (Å²) in [5.41, 5.74) is 6.56. The second-order valence-electron chi connectivity index (χ2n) is 10.4. The molecule has 1 aliphatic heterocycles. The minimum atomic E-state index is -0.236. The van der Waals surface area contributed by atoms with Crippen LogP contribution in [0.15, 0.2) is 61.2 Å². The number of aromatic nitrogens is 4. The van der Waals surface area contributed by atoms with Gasteiger partial charge in [-0.15, -0.1) is 0 Å². The highest BCUT2D eigenvalue weighted by Gasteiger charge is 2.20. The van der Waals surface area contributed by atoms with E-state index in [0.29, 0.717) is 24.5 Å². The first-order valence-electron chi connectivity index (χ1n) is 13.2. The van der Waals surface area contributed by atoms with Crippen molar-refractivity contribution in [3.05, 3.63) is 77.9 Å². The lowest BCUT2D eigenvalue weighted by Crippen LogP contribution is -2.42. The van der Waals surface area contributed by atoms with Gasteiger partial charge in [0.2, 0.25) is 0 Å². The predicted molar refractivity (Wildman–Crippen MR) is 151 cm³/mol. The molecule has 4 aromatic rings. The molecule has 2 aromatic carbocycles. The van der Waals surface area contributed by atoms with E-state index in [1.165, 1.54) is 0 Å². The topological polar surface area (TPSA) is 86.4 Å². The standard InChI is InChI=1S/C30H36N6O3/c1-20-6-7-27(39-19-28-18-34(3)8-9-38-28)13-29(20)30(37)33-21(2)22-10-23(25-14-31-35(4)16-25)12-24(11-22)26-15-32-36(5)17-26/h6-7,10-17,21,28H,8-9,18-19H2,1-5H3,(H,33,37)/t21-,28+/m1/s1. The third-order valence-corrected chi connectivity index (χ3v) is 7.11. The van der Waals surface area contributed by atoms with E-state index in [2.05, 4.69) is 45.7 Å². The Hall–Kier alpha value is -3.95. The van der Waals surface area contributed by atoms with Crippen LogP contribution in [0.5, 0.6) is 5.75 Å². The molecule has 1 saturated heterocycles. The Morgan fingerprint density at radius 3 is 2.28 bits per heavy atom. The average molecular weight is 529 g/mol. The number of rotatable bonds is 8. The zero-order valence-electron chi connectivity index (χ0n) is 23.2. The molecular weight excluding hydrogens is 492 g/mol. The van der Waals surface area contributed by atoms with Gasteiger partial charge in [0, 0.05) is 56.3 Å². The molecule has 5 rings (SSSR count). The maximum atomic E-state index is 13.4. The zero-order valence-corrected chi connectivity index (χ0v) is 23.2. The van der Waals surface area contributed by atoms with Gasteiger partial charge in [0.25, 0.3) is 5.91 Å². The second kappa shape index (κ2) is 11.4. The number of nitrogens with zero attached hydrogens (tertiary/aromatic N) is 5. The van der Waals surface area contributed by atoms with Crippen LogP contribution in [-0.2, 0) is 18.8 Å². The van der Waals surface area contributed by atoms with Crippen molar-refractivity contribution in [2.24, 2.45) is 14.1 Å². The summed E-state index contributed by atoms with van der Waals surface area (Å²) in [7, 11) is 5.88. The maximum Gasteiger partial charge on any atom is 0.252 e. The lowest BCUT2D eigenvalue weighted by Gasteiger charge is -2.29. The first kappa shape index (κ1) is 26.6. The van der Waals surface area contributed by atoms with E-state index in [0.717, 1.165) is 46.5 Å². The minimum absolute atomic E-state index is 0.0171. The summed E-state index contributed by atoms with van der Waals surface area (Å²) in [5.74, 6) is 0.515. The smallest absolute Gasteiger partial charge is 0.252 e. The SMILES string of the molecule is Cc1ccc(OC[C@@H]2CN(C)CCO2)cc1C(=O)N[C@H](C)c1cc(-c2cnn(C)c2)cc(-c2cnn(C)c2)c1. The molecule has 3 heterocycles. The third kappa shape index (κ3) is 6.38. The fourth-order valence-electron chi connectivity index (χ4n) is 4.83. The van der Waals surface area contributed by atoms with E-state index in [1.807, 2.05) is 70.9 Å². The van der Waals surface area contributed by atoms with Crippen LogP contribution in [0.2, 0.25) is 0 Å². The van der Waals surface area contributed by atoms with Gasteiger partial charge in [-0.2, -0.15) is 10.2 Å². The summed E-state index contributed by atoms with van der Waals surface area (Å²) in [5, 5.41) is 11.9. The number of likely N-dealkylation sites (N-methyl/N-ethyl adjacent to an activating group) is 1. The van der Waals surface area contributed by atoms with Crippen molar-refractivity contribution in [2.45, 2.75) is 26.0 Å². The van der Waals surface area contributed by atoms with E-state index in [1.54, 1.807) is 9.36 Å². The van der Waals surface area contributed by atoms with Gasteiger partial charge >= 0.3 is 0 Å². The van der Waals surface area contributed by atoms with Crippen molar-refractivity contribution < 1.29 is 14.3 Å². The lowest BCUT2D eigenvalue weighted by molar-refractivity contribution is -0.0403. The maximum absolute atomic E-state index is 13.4. The van der Waals surface area contributed by atoms with Crippen molar-refractivity contribution in [1.29, 1.82) is 0 Å². The lowest BCUT2D eigenvalue weighted by atomic mass is 9.96. The summed E-state index contributed by atoms with van der Waals surface area (Å²) in [4.78, 5) is 15.7. The highest BCUT2D eigenvalue weighted by Crippen LogP contribution is 2.31. The Bertz CT molecular complexity index is 1400. The monoisotopic (exact) mass is 528 g/mol. The van der Waals surface area contributed by atoms with E-state index in [-0.39, 0.29) is 18.1 Å². The Labute approximate surface area is 229 Å². The van der Waals surface area contributed by atoms with Crippen LogP contribution in [0.4, 0.5) is 0 Å². The number of amides is 1. The van der Waals surface area contributed by atoms with Gasteiger partial charge in [-0.25, -0.2) is 0 Å². The highest BCUT2D eigenvalue weighted by molar-refractivity contribution is 5.96. The number of morpholine rings is 1. The summed E-state index contributed by atoms with van der Waals surface area (Å²) in [6, 6.07) is 11.7. The van der Waals surface area contributed by atoms with Crippen molar-refractivity contribution in [3.63, 3.8) is 0 Å². The molecule has 9 heteroatoms. The number of carbonyl (C=O) groups is 1. The first-order valence-corrected chi connectivity index (χ1v) is 13.2. The molecule has 204 valence electrons. The minimum Gasteiger partial charge on any atom is -0.491 e. The number of ether oxygens (including phenoxy) is 2. The molecule has 0 aliphatic carbocycles. The van der Waals surface area contributed by atoms with Crippen molar-refractivity contribution >= 4 is 5.91 Å². The molecule has 2 atom stereocenters. The van der Waals surface area contributed by atoms with Gasteiger partial charge < -0.3 is 19.7 Å². The van der Waals surface area contributed by atoms with E-state index >= 15 is 0 Å². The van der Waals surface area contributed by atoms with Gasteiger partial charge in [0.05, 0.1) is 25.0 Å². The molecule has 1 N–H and O–H groups in total. The second-order valence-corrected chi connectivity index (χ2v) is 10.4. The predicted octanol–water partition coefficient (Wildman–Crippen LogP) is 4.00. The number of nitrogens with one attached hydrogen (secondary N) is 1. The van der Waals surface area contributed by atoms with E-state index in [9.17, 15) is 4.79 Å². The zero-order chi connectivity index (χ0) is 27.5. The summed E-state index contributed by atoms with van der Waals surface area (Å²) < 4.78 is 15.4. The largest absolute Gasteiger partial charge is 0.491 e. The number of hydrogen-bond donors (Lipinski definition) is 1. The van der Waals surface area contributed by atoms with Crippen molar-refractivity contribution in [2.75, 3.05) is 33.4 Å². The fourth-order valence-corrected chi connectivity index (χ4v) is 4.83. The van der Waals surface area contributed by atoms with Crippen LogP contribution in [0.3, 0.4) is 0 Å². The first-order chi connectivity index (χ1) is 18.7. The molecule has 1 aliphatic rings. The van der Waals surface area contributed by atoms with Gasteiger partial charge in [-0.1, -0.05) is 6.07 Å². The average Bonchev–Trinajstić information content (AvgIpc) is 3.56. The Morgan fingerprint density at radius 1 is 1.03 bits per heavy atom. The fraction of sp³-hybridized carbons (Fsp3) is 0.367. The molecular formula is C30H36N6O3. The van der Waals surface area contributed by atoms with Crippen LogP contribution in [-0.4, -0.2) is 69.8 Å². The number of benzene rings is 2. The van der Waals surface area contributed by atoms with Crippen molar-refractivity contribution in [1.82, 2.24) is 29.8 Å². The molecule has 1 amide bonds. The third-order valence-electron chi connectivity index (χ3n) is 7.11. The molecule has 0 radical (unpaired) electrons. The summed E-state index contributed by atoms with van der Waals surface area (Å²) >= 11 is 0. The van der Waals surface area contributed by atoms with Crippen LogP contribution >= 0.6 is 0 Å². The Balaban J connectivity index is 1.35. The summed E-state index contributed by atoms with van der Waals surface area (Å²) in [6.45, 7) is 6.85. The van der Waals surface area contributed by atoms with E-state index in [4.69, 9.17) is 9.47 Å². The Morgan fingerprint density at radius 2 is 1.69 bits per heavy atom. The van der Waals surface area contributed by atoms with Gasteiger partial charge in [-0.3, -0.25) is 14.2 Å². The van der Waals surface area contributed by atoms with Crippen LogP contribution in [0, 0.1) is 6.92 Å². The highest BCUT2D eigenvalue weighted by atomic mass is 16.5. The molecule has 0 unspecified atom stereocenters. The molecule has 0 spiro atoms. The molecule has 0 bridgehead atoms. The van der Waals surface area contributed by atoms with Crippen LogP contribution in [0.25, 0.3) is 22.3 Å². The van der Waals surface area contributed by atoms with Crippen molar-refractivity contribution in [3.8, 4) is 28.0 Å². The van der Waals surface area contributed by atoms with Gasteiger partial charge in [-0.05, 0) is 73.5 Å². The summed E-state index contributed by atoms with van der Waals surface area (Å²) in [6.07, 6.45) is 7.69. The quantitative estimate of drug-likeness (QED) is 0.372. The molecule has 1 fully saturated rings. The van der Waals surface area contributed by atoms with Crippen LogP contribution in [0.1, 0.15) is 34.5 Å². The number of hydrogen-bond acceptors (Lipinski definition) is 6. The van der Waals surface area contributed by atoms with E-state index < -0.39 is 0 Å². The number of aryl methyl sites for hydroxylation is 3. The normalized spacial score (nSPS) is 16.7.